The lowest BCUT2D eigenvalue weighted by atomic mass is 10.2. The van der Waals surface area contributed by atoms with E-state index >= 15 is 0 Å². The van der Waals surface area contributed by atoms with Gasteiger partial charge < -0.3 is 0 Å². The predicted octanol–water partition coefficient (Wildman–Crippen LogP) is 2.64. The van der Waals surface area contributed by atoms with Crippen LogP contribution in [0.1, 0.15) is 13.8 Å². The summed E-state index contributed by atoms with van der Waals surface area (Å²) in [6.07, 6.45) is 1.60. The summed E-state index contributed by atoms with van der Waals surface area (Å²) in [6, 6.07) is 0. The fourth-order valence-corrected chi connectivity index (χ4v) is 0.374. The molecule has 0 aromatic carbocycles. The van der Waals surface area contributed by atoms with Crippen LogP contribution in [0.3, 0.4) is 0 Å². The normalized spacial score (nSPS) is 13.2. The number of hydrogen-bond acceptors (Lipinski definition) is 4. The zero-order valence-corrected chi connectivity index (χ0v) is 8.24. The van der Waals surface area contributed by atoms with Gasteiger partial charge in [0.2, 0.25) is 0 Å². The summed E-state index contributed by atoms with van der Waals surface area (Å²) in [6.45, 7) is 3.73. The van der Waals surface area contributed by atoms with Gasteiger partial charge in [-0.15, -0.1) is 0 Å². The summed E-state index contributed by atoms with van der Waals surface area (Å²) in [5.74, 6) is 0.117. The van der Waals surface area contributed by atoms with Gasteiger partial charge in [-0.2, -0.15) is 4.89 Å². The van der Waals surface area contributed by atoms with E-state index in [0.29, 0.717) is 0 Å². The monoisotopic (exact) mass is 198 g/mol. The van der Waals surface area contributed by atoms with Gasteiger partial charge in [0.15, 0.2) is 5.56 Å². The minimum atomic E-state index is -0.578. The van der Waals surface area contributed by atoms with Crippen LogP contribution in [0.5, 0.6) is 0 Å². The first-order chi connectivity index (χ1) is 5.07. The highest BCUT2D eigenvalue weighted by molar-refractivity contribution is 8.12. The third kappa shape index (κ3) is 5.35. The van der Waals surface area contributed by atoms with Gasteiger partial charge in [0.25, 0.3) is 0 Å². The Hall–Kier alpha value is 0.0700. The van der Waals surface area contributed by atoms with Crippen LogP contribution in [0.25, 0.3) is 0 Å². The maximum absolute atomic E-state index is 10.5. The fourth-order valence-electron chi connectivity index (χ4n) is 0.230. The van der Waals surface area contributed by atoms with Crippen molar-refractivity contribution >= 4 is 28.7 Å². The van der Waals surface area contributed by atoms with Gasteiger partial charge in [-0.3, -0.25) is 4.89 Å². The third-order valence-electron chi connectivity index (χ3n) is 0.899. The lowest BCUT2D eigenvalue weighted by molar-refractivity contribution is -0.251. The van der Waals surface area contributed by atoms with Gasteiger partial charge in [0.1, 0.15) is 0 Å². The van der Waals surface area contributed by atoms with Crippen molar-refractivity contribution in [2.45, 2.75) is 19.4 Å². The molecule has 0 heterocycles. The van der Waals surface area contributed by atoms with Crippen molar-refractivity contribution < 1.29 is 14.6 Å². The Morgan fingerprint density at radius 3 is 2.45 bits per heavy atom. The van der Waals surface area contributed by atoms with Gasteiger partial charge >= 0.3 is 5.30 Å². The lowest BCUT2D eigenvalue weighted by Crippen LogP contribution is -2.14. The van der Waals surface area contributed by atoms with Crippen LogP contribution >= 0.6 is 23.4 Å². The Balaban J connectivity index is 3.45. The number of hydrogen-bond donors (Lipinski definition) is 0. The Labute approximate surface area is 75.3 Å². The highest BCUT2D eigenvalue weighted by atomic mass is 35.5. The number of rotatable bonds is 3. The van der Waals surface area contributed by atoms with Crippen molar-refractivity contribution in [1.82, 2.24) is 0 Å². The summed E-state index contributed by atoms with van der Waals surface area (Å²) in [5.41, 5.74) is -0.578. The summed E-state index contributed by atoms with van der Waals surface area (Å²) in [7, 11) is 0. The fraction of sp³-hybridized carbons (Fsp3) is 0.833. The van der Waals surface area contributed by atoms with Gasteiger partial charge in [-0.05, 0) is 23.9 Å². The van der Waals surface area contributed by atoms with Gasteiger partial charge in [0.05, 0.1) is 0 Å². The summed E-state index contributed by atoms with van der Waals surface area (Å²) >= 11 is 6.54. The number of alkyl halides is 1. The third-order valence-corrected chi connectivity index (χ3v) is 1.88. The molecular formula is C6H11ClO3S. The van der Waals surface area contributed by atoms with Gasteiger partial charge in [-0.1, -0.05) is 25.4 Å². The standard InChI is InChI=1S/C6H11ClO3S/c1-4(2)5(7)9-10-6(8)11-3/h4-5H,1-3H3. The van der Waals surface area contributed by atoms with E-state index in [-0.39, 0.29) is 5.92 Å². The van der Waals surface area contributed by atoms with Crippen LogP contribution in [0.4, 0.5) is 4.79 Å². The van der Waals surface area contributed by atoms with Gasteiger partial charge in [-0.25, -0.2) is 4.79 Å². The molecule has 0 aromatic heterocycles. The molecule has 3 nitrogen and oxygen atoms in total. The maximum atomic E-state index is 10.5. The average Bonchev–Trinajstić information content (AvgIpc) is 1.99. The number of halogens is 1. The second kappa shape index (κ2) is 5.69. The molecule has 1 atom stereocenters. The van der Waals surface area contributed by atoms with Crippen LogP contribution in [0, 0.1) is 5.92 Å². The summed E-state index contributed by atoms with van der Waals surface area (Å²) in [5, 5.41) is -0.490. The van der Waals surface area contributed by atoms with Crippen molar-refractivity contribution in [2.75, 3.05) is 6.26 Å². The van der Waals surface area contributed by atoms with Crippen molar-refractivity contribution in [3.05, 3.63) is 0 Å². The molecule has 5 heteroatoms. The van der Waals surface area contributed by atoms with Crippen molar-refractivity contribution in [1.29, 1.82) is 0 Å². The first-order valence-corrected chi connectivity index (χ1v) is 4.79. The minimum absolute atomic E-state index is 0.117. The number of carbonyl (C=O) groups is 1. The van der Waals surface area contributed by atoms with Crippen LogP contribution in [0.2, 0.25) is 0 Å². The smallest absolute Gasteiger partial charge is 0.284 e. The first kappa shape index (κ1) is 11.1. The van der Waals surface area contributed by atoms with E-state index in [1.54, 1.807) is 6.26 Å². The Bertz CT molecular complexity index is 129. The molecular weight excluding hydrogens is 188 g/mol. The zero-order valence-electron chi connectivity index (χ0n) is 6.67. The molecule has 0 rings (SSSR count). The maximum Gasteiger partial charge on any atom is 0.400 e. The topological polar surface area (TPSA) is 35.5 Å². The van der Waals surface area contributed by atoms with E-state index in [1.165, 1.54) is 0 Å². The molecule has 0 aliphatic carbocycles. The van der Waals surface area contributed by atoms with E-state index in [0.717, 1.165) is 11.8 Å². The SMILES string of the molecule is CSC(=O)OOC(Cl)C(C)C. The molecule has 0 amide bonds. The van der Waals surface area contributed by atoms with E-state index in [1.807, 2.05) is 13.8 Å². The molecule has 0 fully saturated rings. The molecule has 1 unspecified atom stereocenters. The second-order valence-corrected chi connectivity index (χ2v) is 3.40. The molecule has 0 aliphatic heterocycles. The van der Waals surface area contributed by atoms with E-state index in [9.17, 15) is 4.79 Å². The average molecular weight is 199 g/mol. The van der Waals surface area contributed by atoms with Gasteiger partial charge in [0, 0.05) is 0 Å². The van der Waals surface area contributed by atoms with Crippen LogP contribution < -0.4 is 0 Å². The Morgan fingerprint density at radius 1 is 1.55 bits per heavy atom. The van der Waals surface area contributed by atoms with E-state index in [2.05, 4.69) is 9.78 Å². The highest BCUT2D eigenvalue weighted by Crippen LogP contribution is 2.12. The first-order valence-electron chi connectivity index (χ1n) is 3.13. The lowest BCUT2D eigenvalue weighted by Gasteiger charge is -2.10. The van der Waals surface area contributed by atoms with Crippen LogP contribution in [-0.4, -0.2) is 17.1 Å². The molecule has 0 saturated carbocycles. The van der Waals surface area contributed by atoms with Crippen LogP contribution in [0.15, 0.2) is 0 Å². The molecule has 11 heavy (non-hydrogen) atoms. The van der Waals surface area contributed by atoms with Crippen LogP contribution in [-0.2, 0) is 9.78 Å². The van der Waals surface area contributed by atoms with Crippen molar-refractivity contribution in [2.24, 2.45) is 5.92 Å². The number of thioether (sulfide) groups is 1. The highest BCUT2D eigenvalue weighted by Gasteiger charge is 2.13. The molecule has 0 saturated heterocycles. The number of carbonyl (C=O) groups excluding carboxylic acids is 1. The largest absolute Gasteiger partial charge is 0.400 e. The Kier molecular flexibility index (Phi) is 5.72. The minimum Gasteiger partial charge on any atom is -0.284 e. The quantitative estimate of drug-likeness (QED) is 0.397. The molecule has 66 valence electrons. The van der Waals surface area contributed by atoms with E-state index in [4.69, 9.17) is 11.6 Å². The summed E-state index contributed by atoms with van der Waals surface area (Å²) in [4.78, 5) is 19.4. The molecule has 0 radical (unpaired) electrons. The molecule has 0 aliphatic rings. The molecule has 0 N–H and O–H groups in total. The van der Waals surface area contributed by atoms with E-state index < -0.39 is 10.9 Å². The Morgan fingerprint density at radius 2 is 2.09 bits per heavy atom. The summed E-state index contributed by atoms with van der Waals surface area (Å²) < 4.78 is 0. The van der Waals surface area contributed by atoms with Crippen molar-refractivity contribution in [3.63, 3.8) is 0 Å². The molecule has 0 spiro atoms. The second-order valence-electron chi connectivity index (χ2n) is 2.23. The molecule has 0 aromatic rings. The zero-order chi connectivity index (χ0) is 8.85. The predicted molar refractivity (Wildman–Crippen MR) is 45.6 cm³/mol. The molecule has 0 bridgehead atoms. The van der Waals surface area contributed by atoms with Crippen molar-refractivity contribution in [3.8, 4) is 0 Å².